The Morgan fingerprint density at radius 1 is 1.29 bits per heavy atom. The lowest BCUT2D eigenvalue weighted by atomic mass is 9.96. The van der Waals surface area contributed by atoms with E-state index in [0.717, 1.165) is 12.1 Å². The maximum Gasteiger partial charge on any atom is 0.394 e. The minimum atomic E-state index is -4.84. The third-order valence-corrected chi connectivity index (χ3v) is 3.73. The number of carboxylic acids is 1. The van der Waals surface area contributed by atoms with Crippen molar-refractivity contribution in [2.45, 2.75) is 6.18 Å². The van der Waals surface area contributed by atoms with E-state index in [1.54, 1.807) is 0 Å². The molecule has 0 saturated carbocycles. The number of aliphatic carboxylic acids is 1. The first-order valence-corrected chi connectivity index (χ1v) is 6.55. The van der Waals surface area contributed by atoms with E-state index in [-0.39, 0.29) is 0 Å². The first kappa shape index (κ1) is 17.6. The van der Waals surface area contributed by atoms with Crippen molar-refractivity contribution in [1.29, 1.82) is 0 Å². The minimum Gasteiger partial charge on any atom is -0.481 e. The molecule has 0 radical (unpaired) electrons. The van der Waals surface area contributed by atoms with Crippen LogP contribution in [0.3, 0.4) is 0 Å². The predicted octanol–water partition coefficient (Wildman–Crippen LogP) is 2.07. The number of hydrogen-bond donors (Lipinski definition) is 1. The zero-order valence-corrected chi connectivity index (χ0v) is 11.8. The average molecular weight is 350 g/mol. The lowest BCUT2D eigenvalue weighted by Crippen LogP contribution is -2.34. The van der Waals surface area contributed by atoms with Crippen LogP contribution in [0.1, 0.15) is 10.4 Å². The Morgan fingerprint density at radius 3 is 2.38 bits per heavy atom. The molecule has 1 aromatic carbocycles. The summed E-state index contributed by atoms with van der Waals surface area (Å²) in [5.74, 6) is -8.01. The molecule has 1 saturated heterocycles. The summed E-state index contributed by atoms with van der Waals surface area (Å²) in [7, 11) is 0. The van der Waals surface area contributed by atoms with Crippen LogP contribution in [0.4, 0.5) is 23.2 Å². The minimum absolute atomic E-state index is 0.471. The molecule has 2 rings (SSSR count). The maximum atomic E-state index is 13.1. The van der Waals surface area contributed by atoms with Crippen LogP contribution in [0, 0.1) is 27.8 Å². The molecule has 1 aromatic rings. The molecular weight excluding hydrogens is 340 g/mol. The first-order valence-electron chi connectivity index (χ1n) is 6.55. The van der Waals surface area contributed by atoms with Gasteiger partial charge in [-0.2, -0.15) is 13.2 Å². The van der Waals surface area contributed by atoms with Gasteiger partial charge in [-0.25, -0.2) is 4.39 Å². The average Bonchev–Trinajstić information content (AvgIpc) is 2.91. The zero-order valence-electron chi connectivity index (χ0n) is 11.8. The molecule has 2 atom stereocenters. The van der Waals surface area contributed by atoms with Crippen LogP contribution in [0.2, 0.25) is 0 Å². The predicted molar refractivity (Wildman–Crippen MR) is 69.6 cm³/mol. The van der Waals surface area contributed by atoms with Gasteiger partial charge in [-0.3, -0.25) is 19.7 Å². The molecule has 1 heterocycles. The van der Waals surface area contributed by atoms with Gasteiger partial charge in [0, 0.05) is 13.1 Å². The fourth-order valence-electron chi connectivity index (χ4n) is 2.56. The van der Waals surface area contributed by atoms with Crippen LogP contribution in [-0.4, -0.2) is 46.1 Å². The molecule has 1 aliphatic rings. The summed E-state index contributed by atoms with van der Waals surface area (Å²) in [6, 6.07) is 2.01. The van der Waals surface area contributed by atoms with Crippen molar-refractivity contribution >= 4 is 17.6 Å². The number of alkyl halides is 3. The van der Waals surface area contributed by atoms with Gasteiger partial charge in [0.1, 0.15) is 11.4 Å². The van der Waals surface area contributed by atoms with Gasteiger partial charge in [-0.05, 0) is 12.1 Å². The molecular formula is C13H10F4N2O5. The fraction of sp³-hybridized carbons (Fsp3) is 0.385. The standard InChI is InChI=1S/C13H10F4N2O5/c14-6-1-2-7(10(3-6)19(23)24)11(20)18-4-8(12(21)22)9(5-18)13(15,16)17/h1-3,8-9H,4-5H2,(H,21,22)/t8-,9-/m1/s1. The second-order valence-corrected chi connectivity index (χ2v) is 5.22. The molecule has 0 spiro atoms. The highest BCUT2D eigenvalue weighted by Crippen LogP contribution is 2.38. The Hall–Kier alpha value is -2.72. The van der Waals surface area contributed by atoms with Crippen LogP contribution < -0.4 is 0 Å². The van der Waals surface area contributed by atoms with Crippen molar-refractivity contribution in [3.8, 4) is 0 Å². The highest BCUT2D eigenvalue weighted by molar-refractivity contribution is 5.98. The number of carboxylic acid groups (broad SMARTS) is 1. The number of nitro groups is 1. The quantitative estimate of drug-likeness (QED) is 0.511. The van der Waals surface area contributed by atoms with Crippen molar-refractivity contribution in [2.24, 2.45) is 11.8 Å². The monoisotopic (exact) mass is 350 g/mol. The van der Waals surface area contributed by atoms with Crippen molar-refractivity contribution in [2.75, 3.05) is 13.1 Å². The van der Waals surface area contributed by atoms with E-state index < -0.39 is 65.0 Å². The Bertz CT molecular complexity index is 706. The van der Waals surface area contributed by atoms with Gasteiger partial charge in [0.05, 0.1) is 22.8 Å². The molecule has 0 aromatic heterocycles. The molecule has 1 N–H and O–H groups in total. The third kappa shape index (κ3) is 3.29. The van der Waals surface area contributed by atoms with Crippen molar-refractivity contribution in [3.05, 3.63) is 39.7 Å². The van der Waals surface area contributed by atoms with E-state index in [0.29, 0.717) is 11.0 Å². The van der Waals surface area contributed by atoms with E-state index in [9.17, 15) is 37.3 Å². The van der Waals surface area contributed by atoms with Gasteiger partial charge in [-0.1, -0.05) is 0 Å². The normalized spacial score (nSPS) is 20.9. The Morgan fingerprint density at radius 2 is 1.92 bits per heavy atom. The molecule has 1 aliphatic heterocycles. The SMILES string of the molecule is O=C(O)[C@@H]1CN(C(=O)c2ccc(F)cc2[N+](=O)[O-])C[C@H]1C(F)(F)F. The lowest BCUT2D eigenvalue weighted by Gasteiger charge is -2.18. The Kier molecular flexibility index (Phi) is 4.45. The van der Waals surface area contributed by atoms with Crippen molar-refractivity contribution in [3.63, 3.8) is 0 Å². The zero-order chi connectivity index (χ0) is 18.2. The summed E-state index contributed by atoms with van der Waals surface area (Å²) in [5.41, 5.74) is -1.50. The van der Waals surface area contributed by atoms with Gasteiger partial charge in [0.15, 0.2) is 0 Å². The molecule has 11 heteroatoms. The molecule has 0 aliphatic carbocycles. The van der Waals surface area contributed by atoms with E-state index in [2.05, 4.69) is 0 Å². The topological polar surface area (TPSA) is 101 Å². The Balaban J connectivity index is 2.35. The van der Waals surface area contributed by atoms with Gasteiger partial charge in [0.25, 0.3) is 11.6 Å². The maximum absolute atomic E-state index is 13.1. The second-order valence-electron chi connectivity index (χ2n) is 5.22. The van der Waals surface area contributed by atoms with E-state index in [1.807, 2.05) is 0 Å². The first-order chi connectivity index (χ1) is 11.0. The third-order valence-electron chi connectivity index (χ3n) is 3.73. The highest BCUT2D eigenvalue weighted by atomic mass is 19.4. The van der Waals surface area contributed by atoms with Crippen LogP contribution in [-0.2, 0) is 4.79 Å². The smallest absolute Gasteiger partial charge is 0.394 e. The number of rotatable bonds is 3. The van der Waals surface area contributed by atoms with Gasteiger partial charge in [-0.15, -0.1) is 0 Å². The van der Waals surface area contributed by atoms with Crippen LogP contribution in [0.5, 0.6) is 0 Å². The summed E-state index contributed by atoms with van der Waals surface area (Å²) >= 11 is 0. The number of benzene rings is 1. The van der Waals surface area contributed by atoms with E-state index in [4.69, 9.17) is 5.11 Å². The number of hydrogen-bond acceptors (Lipinski definition) is 4. The van der Waals surface area contributed by atoms with Crippen LogP contribution in [0.15, 0.2) is 18.2 Å². The van der Waals surface area contributed by atoms with Crippen molar-refractivity contribution in [1.82, 2.24) is 4.90 Å². The summed E-state index contributed by atoms with van der Waals surface area (Å²) in [5, 5.41) is 19.8. The molecule has 1 amide bonds. The summed E-state index contributed by atoms with van der Waals surface area (Å²) in [6.07, 6.45) is -4.84. The lowest BCUT2D eigenvalue weighted by molar-refractivity contribution is -0.385. The number of amides is 1. The molecule has 7 nitrogen and oxygen atoms in total. The number of carbonyl (C=O) groups excluding carboxylic acids is 1. The Labute approximate surface area is 131 Å². The van der Waals surface area contributed by atoms with Gasteiger partial charge < -0.3 is 10.0 Å². The summed E-state index contributed by atoms with van der Waals surface area (Å²) < 4.78 is 51.8. The number of halogens is 4. The van der Waals surface area contributed by atoms with Gasteiger partial charge in [0.2, 0.25) is 0 Å². The molecule has 1 fully saturated rings. The van der Waals surface area contributed by atoms with E-state index >= 15 is 0 Å². The summed E-state index contributed by atoms with van der Waals surface area (Å²) in [6.45, 7) is -1.68. The number of nitro benzene ring substituents is 1. The van der Waals surface area contributed by atoms with Crippen LogP contribution >= 0.6 is 0 Å². The molecule has 130 valence electrons. The molecule has 0 bridgehead atoms. The van der Waals surface area contributed by atoms with Gasteiger partial charge >= 0.3 is 12.1 Å². The number of likely N-dealkylation sites (tertiary alicyclic amines) is 1. The second kappa shape index (κ2) is 6.06. The van der Waals surface area contributed by atoms with Crippen molar-refractivity contribution < 1.29 is 37.2 Å². The fourth-order valence-corrected chi connectivity index (χ4v) is 2.56. The molecule has 0 unspecified atom stereocenters. The highest BCUT2D eigenvalue weighted by Gasteiger charge is 2.53. The number of nitrogens with zero attached hydrogens (tertiary/aromatic N) is 2. The van der Waals surface area contributed by atoms with Crippen LogP contribution in [0.25, 0.3) is 0 Å². The summed E-state index contributed by atoms with van der Waals surface area (Å²) in [4.78, 5) is 33.7. The molecule has 24 heavy (non-hydrogen) atoms. The van der Waals surface area contributed by atoms with E-state index in [1.165, 1.54) is 0 Å². The number of carbonyl (C=O) groups is 2. The largest absolute Gasteiger partial charge is 0.481 e.